The minimum atomic E-state index is 0.415. The van der Waals surface area contributed by atoms with Gasteiger partial charge in [0.2, 0.25) is 0 Å². The van der Waals surface area contributed by atoms with Gasteiger partial charge in [-0.2, -0.15) is 0 Å². The highest BCUT2D eigenvalue weighted by molar-refractivity contribution is 7.11. The van der Waals surface area contributed by atoms with Crippen LogP contribution in [-0.4, -0.2) is 35.6 Å². The second-order valence-corrected chi connectivity index (χ2v) is 6.99. The number of likely N-dealkylation sites (tertiary alicyclic amines) is 1. The Balaban J connectivity index is 1.82. The largest absolute Gasteiger partial charge is 0.308 e. The first-order valence-electron chi connectivity index (χ1n) is 7.49. The van der Waals surface area contributed by atoms with Crippen LogP contribution in [0, 0.1) is 13.8 Å². The van der Waals surface area contributed by atoms with Gasteiger partial charge in [0.25, 0.3) is 0 Å². The van der Waals surface area contributed by atoms with Gasteiger partial charge in [0.05, 0.1) is 10.7 Å². The van der Waals surface area contributed by atoms with E-state index in [1.807, 2.05) is 11.3 Å². The van der Waals surface area contributed by atoms with Crippen LogP contribution in [0.2, 0.25) is 0 Å². The Kier molecular flexibility index (Phi) is 5.37. The predicted octanol–water partition coefficient (Wildman–Crippen LogP) is 3.28. The third kappa shape index (κ3) is 4.01. The molecule has 1 aliphatic rings. The molecule has 2 atom stereocenters. The second-order valence-electron chi connectivity index (χ2n) is 5.76. The molecule has 1 N–H and O–H groups in total. The van der Waals surface area contributed by atoms with E-state index in [1.54, 1.807) is 0 Å². The lowest BCUT2D eigenvalue weighted by Gasteiger charge is -2.33. The van der Waals surface area contributed by atoms with E-state index in [2.05, 4.69) is 42.9 Å². The van der Waals surface area contributed by atoms with Crippen molar-refractivity contribution in [1.82, 2.24) is 15.2 Å². The van der Waals surface area contributed by atoms with Crippen molar-refractivity contribution in [3.8, 4) is 0 Å². The molecule has 2 rings (SSSR count). The molecule has 0 aromatic carbocycles. The molecular formula is C15H27N3S. The normalized spacial score (nSPS) is 20.4. The molecule has 0 saturated carbocycles. The van der Waals surface area contributed by atoms with E-state index < -0.39 is 0 Å². The summed E-state index contributed by atoms with van der Waals surface area (Å²) in [6.07, 6.45) is 4.15. The zero-order chi connectivity index (χ0) is 13.8. The fraction of sp³-hybridized carbons (Fsp3) is 0.800. The first-order chi connectivity index (χ1) is 9.08. The number of nitrogens with zero attached hydrogens (tertiary/aromatic N) is 2. The summed E-state index contributed by atoms with van der Waals surface area (Å²) in [5.74, 6) is 0. The fourth-order valence-electron chi connectivity index (χ4n) is 2.88. The van der Waals surface area contributed by atoms with E-state index in [4.69, 9.17) is 0 Å². The first kappa shape index (κ1) is 14.9. The summed E-state index contributed by atoms with van der Waals surface area (Å²) < 4.78 is 0. The lowest BCUT2D eigenvalue weighted by atomic mass is 10.1. The molecule has 0 radical (unpaired) electrons. The quantitative estimate of drug-likeness (QED) is 0.897. The van der Waals surface area contributed by atoms with Crippen LogP contribution in [0.25, 0.3) is 0 Å². The van der Waals surface area contributed by atoms with Gasteiger partial charge in [0, 0.05) is 23.5 Å². The van der Waals surface area contributed by atoms with Crippen LogP contribution in [0.4, 0.5) is 0 Å². The number of hydrogen-bond donors (Lipinski definition) is 1. The monoisotopic (exact) mass is 281 g/mol. The molecule has 108 valence electrons. The fourth-order valence-corrected chi connectivity index (χ4v) is 3.83. The summed E-state index contributed by atoms with van der Waals surface area (Å²) in [5, 5.41) is 4.85. The highest BCUT2D eigenvalue weighted by Crippen LogP contribution is 2.24. The average Bonchev–Trinajstić information content (AvgIpc) is 2.75. The van der Waals surface area contributed by atoms with Crippen molar-refractivity contribution in [3.63, 3.8) is 0 Å². The summed E-state index contributed by atoms with van der Waals surface area (Å²) in [6, 6.07) is 1.05. The van der Waals surface area contributed by atoms with Gasteiger partial charge in [-0.1, -0.05) is 6.42 Å². The number of aryl methyl sites for hydroxylation is 2. The Morgan fingerprint density at radius 3 is 2.47 bits per heavy atom. The molecule has 1 saturated heterocycles. The molecule has 0 aliphatic carbocycles. The van der Waals surface area contributed by atoms with Gasteiger partial charge >= 0.3 is 0 Å². The van der Waals surface area contributed by atoms with Crippen molar-refractivity contribution in [2.45, 2.75) is 59.0 Å². The maximum atomic E-state index is 4.52. The molecule has 2 unspecified atom stereocenters. The van der Waals surface area contributed by atoms with Gasteiger partial charge in [-0.25, -0.2) is 4.98 Å². The third-order valence-electron chi connectivity index (χ3n) is 4.07. The Morgan fingerprint density at radius 2 is 1.89 bits per heavy atom. The molecule has 1 aromatic heterocycles. The molecule has 1 fully saturated rings. The average molecular weight is 281 g/mol. The van der Waals surface area contributed by atoms with Crippen molar-refractivity contribution in [2.75, 3.05) is 19.6 Å². The molecule has 0 spiro atoms. The smallest absolute Gasteiger partial charge is 0.0900 e. The predicted molar refractivity (Wildman–Crippen MR) is 82.9 cm³/mol. The minimum Gasteiger partial charge on any atom is -0.308 e. The van der Waals surface area contributed by atoms with Gasteiger partial charge < -0.3 is 5.32 Å². The van der Waals surface area contributed by atoms with Crippen molar-refractivity contribution in [2.24, 2.45) is 0 Å². The number of piperidine rings is 1. The number of hydrogen-bond acceptors (Lipinski definition) is 4. The summed E-state index contributed by atoms with van der Waals surface area (Å²) >= 11 is 1.82. The van der Waals surface area contributed by atoms with Crippen LogP contribution in [0.5, 0.6) is 0 Å². The van der Waals surface area contributed by atoms with Gasteiger partial charge in [-0.3, -0.25) is 4.90 Å². The van der Waals surface area contributed by atoms with Gasteiger partial charge in [0.1, 0.15) is 0 Å². The molecular weight excluding hydrogens is 254 g/mol. The van der Waals surface area contributed by atoms with Gasteiger partial charge in [-0.05, 0) is 53.6 Å². The maximum absolute atomic E-state index is 4.52. The van der Waals surface area contributed by atoms with Crippen LogP contribution < -0.4 is 5.32 Å². The number of nitrogens with one attached hydrogen (secondary N) is 1. The Labute approximate surface area is 121 Å². The van der Waals surface area contributed by atoms with Crippen LogP contribution in [-0.2, 0) is 0 Å². The van der Waals surface area contributed by atoms with E-state index in [9.17, 15) is 0 Å². The SMILES string of the molecule is Cc1nc(C)c(C(C)NCC(C)N2CCCCC2)s1. The molecule has 0 bridgehead atoms. The molecule has 1 aliphatic heterocycles. The molecule has 0 amide bonds. The van der Waals surface area contributed by atoms with Crippen LogP contribution in [0.15, 0.2) is 0 Å². The Morgan fingerprint density at radius 1 is 1.21 bits per heavy atom. The molecule has 4 heteroatoms. The van der Waals surface area contributed by atoms with Gasteiger partial charge in [0.15, 0.2) is 0 Å². The van der Waals surface area contributed by atoms with Gasteiger partial charge in [-0.15, -0.1) is 11.3 Å². The topological polar surface area (TPSA) is 28.2 Å². The van der Waals surface area contributed by atoms with E-state index >= 15 is 0 Å². The number of aromatic nitrogens is 1. The zero-order valence-corrected chi connectivity index (χ0v) is 13.5. The highest BCUT2D eigenvalue weighted by atomic mass is 32.1. The lowest BCUT2D eigenvalue weighted by Crippen LogP contribution is -2.43. The Bertz CT molecular complexity index is 396. The van der Waals surface area contributed by atoms with E-state index in [1.165, 1.54) is 47.9 Å². The van der Waals surface area contributed by atoms with Crippen LogP contribution in [0.3, 0.4) is 0 Å². The minimum absolute atomic E-state index is 0.415. The number of thiazole rings is 1. The highest BCUT2D eigenvalue weighted by Gasteiger charge is 2.18. The maximum Gasteiger partial charge on any atom is 0.0900 e. The molecule has 3 nitrogen and oxygen atoms in total. The first-order valence-corrected chi connectivity index (χ1v) is 8.31. The summed E-state index contributed by atoms with van der Waals surface area (Å²) in [6.45, 7) is 12.4. The van der Waals surface area contributed by atoms with Crippen molar-refractivity contribution in [3.05, 3.63) is 15.6 Å². The second kappa shape index (κ2) is 6.82. The van der Waals surface area contributed by atoms with E-state index in [0.717, 1.165) is 6.54 Å². The molecule has 1 aromatic rings. The Hall–Kier alpha value is -0.450. The van der Waals surface area contributed by atoms with Crippen molar-refractivity contribution < 1.29 is 0 Å². The summed E-state index contributed by atoms with van der Waals surface area (Å²) in [5.41, 5.74) is 1.19. The summed E-state index contributed by atoms with van der Waals surface area (Å²) in [7, 11) is 0. The van der Waals surface area contributed by atoms with Crippen molar-refractivity contribution in [1.29, 1.82) is 0 Å². The van der Waals surface area contributed by atoms with E-state index in [-0.39, 0.29) is 0 Å². The van der Waals surface area contributed by atoms with Crippen LogP contribution >= 0.6 is 11.3 Å². The standard InChI is InChI=1S/C15H27N3S/c1-11(18-8-6-5-7-9-18)10-16-12(2)15-13(3)17-14(4)19-15/h11-12,16H,5-10H2,1-4H3. The summed E-state index contributed by atoms with van der Waals surface area (Å²) in [4.78, 5) is 8.53. The third-order valence-corrected chi connectivity index (χ3v) is 5.32. The lowest BCUT2D eigenvalue weighted by molar-refractivity contribution is 0.168. The zero-order valence-electron chi connectivity index (χ0n) is 12.7. The molecule has 2 heterocycles. The number of rotatable bonds is 5. The van der Waals surface area contributed by atoms with Crippen molar-refractivity contribution >= 4 is 11.3 Å². The van der Waals surface area contributed by atoms with Crippen LogP contribution in [0.1, 0.15) is 54.7 Å². The van der Waals surface area contributed by atoms with E-state index in [0.29, 0.717) is 12.1 Å². The molecule has 19 heavy (non-hydrogen) atoms.